The maximum absolute atomic E-state index is 13.5. The number of aliphatic hydroxyl groups is 1. The largest absolute Gasteiger partial charge is 0.485 e. The zero-order chi connectivity index (χ0) is 36.4. The number of aliphatic hydroxyl groups excluding tert-OH is 1. The first-order chi connectivity index (χ1) is 23.7. The van der Waals surface area contributed by atoms with Gasteiger partial charge in [0.1, 0.15) is 23.7 Å². The van der Waals surface area contributed by atoms with Crippen molar-refractivity contribution < 1.29 is 47.6 Å². The Kier molecular flexibility index (Phi) is 10.8. The van der Waals surface area contributed by atoms with Gasteiger partial charge < -0.3 is 41.1 Å². The number of aryl methyl sites for hydroxylation is 2. The van der Waals surface area contributed by atoms with Crippen LogP contribution in [0.4, 0.5) is 11.1 Å². The van der Waals surface area contributed by atoms with Crippen LogP contribution in [0.25, 0.3) is 11.1 Å². The van der Waals surface area contributed by atoms with E-state index in [1.807, 2.05) is 25.4 Å². The molecule has 2 amide bonds. The Hall–Kier alpha value is -4.60. The number of aliphatic carboxylic acids is 1. The van der Waals surface area contributed by atoms with E-state index in [1.165, 1.54) is 12.3 Å². The summed E-state index contributed by atoms with van der Waals surface area (Å²) in [6, 6.07) is 4.43. The molecular weight excluding hydrogens is 695 g/mol. The zero-order valence-corrected chi connectivity index (χ0v) is 29.2. The number of nitrogens with zero attached hydrogens (tertiary/aromatic N) is 5. The normalized spacial score (nSPS) is 20.1. The number of ether oxygens (including phenoxy) is 1. The van der Waals surface area contributed by atoms with Gasteiger partial charge in [-0.25, -0.2) is 14.3 Å². The number of β-lactam (4-membered cyclic amide) rings is 1. The lowest BCUT2D eigenvalue weighted by atomic mass is 9.84. The Morgan fingerprint density at radius 2 is 2.12 bits per heavy atom. The first kappa shape index (κ1) is 36.7. The van der Waals surface area contributed by atoms with Crippen LogP contribution in [0.3, 0.4) is 0 Å². The highest BCUT2D eigenvalue weighted by Crippen LogP contribution is 2.37. The summed E-state index contributed by atoms with van der Waals surface area (Å²) in [6.45, 7) is 4.89. The van der Waals surface area contributed by atoms with E-state index in [4.69, 9.17) is 29.9 Å². The molecule has 268 valence electrons. The molecule has 1 fully saturated rings. The number of anilines is 2. The summed E-state index contributed by atoms with van der Waals surface area (Å²) in [7, 11) is 1.82. The SMILES string of the molecule is C[n+]1cc(-c2ccc3c(c2)CC[C@H](C(C)(O/N=C(\C(=O)NC2C(=O)N(OSO)C2(C)C)c2csc(N)n2)C(=O)O)O3)cnc1NC[C@H](O)CN. The van der Waals surface area contributed by atoms with Crippen molar-refractivity contribution in [1.82, 2.24) is 20.3 Å². The minimum atomic E-state index is -2.06. The van der Waals surface area contributed by atoms with Gasteiger partial charge in [-0.3, -0.25) is 14.9 Å². The Morgan fingerprint density at radius 1 is 1.36 bits per heavy atom. The monoisotopic (exact) mass is 732 g/mol. The maximum atomic E-state index is 13.5. The molecule has 0 radical (unpaired) electrons. The van der Waals surface area contributed by atoms with E-state index < -0.39 is 52.9 Å². The summed E-state index contributed by atoms with van der Waals surface area (Å²) < 4.78 is 21.8. The van der Waals surface area contributed by atoms with Gasteiger partial charge in [0, 0.05) is 17.5 Å². The molecule has 0 saturated carbocycles. The fourth-order valence-corrected chi connectivity index (χ4v) is 6.31. The average molecular weight is 733 g/mol. The van der Waals surface area contributed by atoms with E-state index in [9.17, 15) is 24.6 Å². The first-order valence-electron chi connectivity index (χ1n) is 15.3. The third kappa shape index (κ3) is 7.30. The van der Waals surface area contributed by atoms with Crippen molar-refractivity contribution in [3.8, 4) is 16.9 Å². The Morgan fingerprint density at radius 3 is 2.74 bits per heavy atom. The van der Waals surface area contributed by atoms with Gasteiger partial charge in [-0.1, -0.05) is 16.2 Å². The molecule has 1 aromatic carbocycles. The van der Waals surface area contributed by atoms with E-state index in [0.29, 0.717) is 18.1 Å². The predicted molar refractivity (Wildman–Crippen MR) is 181 cm³/mol. The van der Waals surface area contributed by atoms with Gasteiger partial charge in [0.05, 0.1) is 31.4 Å². The van der Waals surface area contributed by atoms with Gasteiger partial charge in [-0.05, 0) is 56.9 Å². The van der Waals surface area contributed by atoms with Crippen molar-refractivity contribution in [3.05, 3.63) is 47.2 Å². The van der Waals surface area contributed by atoms with Crippen molar-refractivity contribution >= 4 is 58.2 Å². The lowest BCUT2D eigenvalue weighted by molar-refractivity contribution is -0.659. The number of carboxylic acid groups (broad SMARTS) is 1. The molecule has 9 N–H and O–H groups in total. The summed E-state index contributed by atoms with van der Waals surface area (Å²) in [5.41, 5.74) is 10.3. The molecule has 2 aliphatic heterocycles. The summed E-state index contributed by atoms with van der Waals surface area (Å²) in [6.07, 6.45) is 2.55. The maximum Gasteiger partial charge on any atom is 0.391 e. The van der Waals surface area contributed by atoms with Gasteiger partial charge >= 0.3 is 11.9 Å². The van der Waals surface area contributed by atoms with Gasteiger partial charge in [0.25, 0.3) is 17.4 Å². The number of oxime groups is 1. The highest BCUT2D eigenvalue weighted by atomic mass is 32.2. The molecule has 4 atom stereocenters. The van der Waals surface area contributed by atoms with Crippen LogP contribution in [0.5, 0.6) is 5.75 Å². The van der Waals surface area contributed by atoms with Gasteiger partial charge in [0.2, 0.25) is 0 Å². The van der Waals surface area contributed by atoms with Gasteiger partial charge in [0.15, 0.2) is 29.3 Å². The second kappa shape index (κ2) is 14.7. The number of hydrogen-bond acceptors (Lipinski definition) is 16. The number of aromatic nitrogens is 3. The van der Waals surface area contributed by atoms with Gasteiger partial charge in [-0.2, -0.15) is 9.35 Å². The number of benzene rings is 1. The van der Waals surface area contributed by atoms with E-state index in [1.54, 1.807) is 30.7 Å². The van der Waals surface area contributed by atoms with Crippen LogP contribution in [-0.2, 0) is 37.0 Å². The molecule has 18 nitrogen and oxygen atoms in total. The smallest absolute Gasteiger partial charge is 0.391 e. The van der Waals surface area contributed by atoms with Crippen LogP contribution in [0.15, 0.2) is 41.1 Å². The van der Waals surface area contributed by atoms with Gasteiger partial charge in [-0.15, -0.1) is 11.3 Å². The fourth-order valence-electron chi connectivity index (χ4n) is 5.43. The molecular formula is C30H38N9O9S2+. The molecule has 2 unspecified atom stereocenters. The quantitative estimate of drug-likeness (QED) is 0.0390. The number of thiazole rings is 1. The molecule has 50 heavy (non-hydrogen) atoms. The summed E-state index contributed by atoms with van der Waals surface area (Å²) in [5.74, 6) is -1.89. The van der Waals surface area contributed by atoms with E-state index in [-0.39, 0.29) is 42.7 Å². The Bertz CT molecular complexity index is 1810. The molecule has 1 saturated heterocycles. The number of carbonyl (C=O) groups is 3. The first-order valence-corrected chi connectivity index (χ1v) is 16.9. The molecule has 0 spiro atoms. The number of hydroxylamine groups is 2. The molecule has 3 aromatic rings. The lowest BCUT2D eigenvalue weighted by Crippen LogP contribution is -2.76. The second-order valence-corrected chi connectivity index (χ2v) is 13.6. The standard InChI is InChI=1S/C30H37N9O9S2/c1-29(2)23(25(42)39(29)48-50-45)36-24(41)22(19-14-49-27(32)35-19)37-47-30(3,26(43)44)21-8-6-16-9-15(5-7-20(16)46-21)17-11-33-28(38(4)13-17)34-12-18(40)10-31/h5,7,9,11,13-14,18,21,23,40H,6,8,10,12,31H2,1-4H3,(H5,32,35,36,41,43,44,45)/p+1/b37-22-/t18-,21-,23?,30?/m1/s1. The highest BCUT2D eigenvalue weighted by molar-refractivity contribution is 7.88. The molecule has 5 rings (SSSR count). The minimum absolute atomic E-state index is 0.00336. The summed E-state index contributed by atoms with van der Waals surface area (Å²) in [4.78, 5) is 53.0. The predicted octanol–water partition coefficient (Wildman–Crippen LogP) is 0.460. The van der Waals surface area contributed by atoms with Crippen LogP contribution in [0.1, 0.15) is 38.4 Å². The van der Waals surface area contributed by atoms with Crippen LogP contribution in [0.2, 0.25) is 0 Å². The topological polar surface area (TPSA) is 261 Å². The Balaban J connectivity index is 1.34. The number of fused-ring (bicyclic) bond motifs is 1. The molecule has 2 aromatic heterocycles. The van der Waals surface area contributed by atoms with Crippen molar-refractivity contribution in [1.29, 1.82) is 0 Å². The number of nitrogen functional groups attached to an aromatic ring is 1. The van der Waals surface area contributed by atoms with Crippen LogP contribution in [-0.4, -0.2) is 95.8 Å². The summed E-state index contributed by atoms with van der Waals surface area (Å²) >= 11 is 1.01. The molecule has 2 aliphatic rings. The highest BCUT2D eigenvalue weighted by Gasteiger charge is 2.57. The third-order valence-electron chi connectivity index (χ3n) is 8.51. The molecule has 0 aliphatic carbocycles. The van der Waals surface area contributed by atoms with Crippen LogP contribution in [0, 0.1) is 0 Å². The van der Waals surface area contributed by atoms with Crippen molar-refractivity contribution in [2.75, 3.05) is 24.1 Å². The fraction of sp³-hybridized carbons (Fsp3) is 0.433. The Labute approximate surface area is 294 Å². The molecule has 0 bridgehead atoms. The summed E-state index contributed by atoms with van der Waals surface area (Å²) in [5, 5.41) is 32.1. The number of nitrogens with one attached hydrogen (secondary N) is 2. The number of nitrogens with two attached hydrogens (primary N) is 2. The van der Waals surface area contributed by atoms with E-state index in [0.717, 1.165) is 33.1 Å². The molecule has 20 heteroatoms. The number of hydrogen-bond donors (Lipinski definition) is 7. The number of rotatable bonds is 14. The number of amides is 2. The molecule has 4 heterocycles. The second-order valence-electron chi connectivity index (χ2n) is 12.4. The zero-order valence-electron chi connectivity index (χ0n) is 27.5. The minimum Gasteiger partial charge on any atom is -0.485 e. The van der Waals surface area contributed by atoms with E-state index >= 15 is 0 Å². The van der Waals surface area contributed by atoms with Crippen molar-refractivity contribution in [2.24, 2.45) is 17.9 Å². The van der Waals surface area contributed by atoms with E-state index in [2.05, 4.69) is 25.8 Å². The number of carbonyl (C=O) groups excluding carboxylic acids is 2. The van der Waals surface area contributed by atoms with Crippen LogP contribution >= 0.6 is 23.7 Å². The van der Waals surface area contributed by atoms with Crippen molar-refractivity contribution in [3.63, 3.8) is 0 Å². The third-order valence-corrected chi connectivity index (χ3v) is 9.39. The van der Waals surface area contributed by atoms with Crippen molar-refractivity contribution in [2.45, 2.75) is 63.0 Å². The van der Waals surface area contributed by atoms with Crippen LogP contribution < -0.4 is 31.4 Å². The number of carboxylic acids is 1. The lowest BCUT2D eigenvalue weighted by Gasteiger charge is -2.50. The average Bonchev–Trinajstić information content (AvgIpc) is 3.53.